The molecule has 1 amide bonds. The van der Waals surface area contributed by atoms with Crippen molar-refractivity contribution in [2.45, 2.75) is 38.6 Å². The highest BCUT2D eigenvalue weighted by Crippen LogP contribution is 2.31. The van der Waals surface area contributed by atoms with Gasteiger partial charge in [0.05, 0.1) is 12.4 Å². The van der Waals surface area contributed by atoms with Gasteiger partial charge in [-0.15, -0.1) is 0 Å². The van der Waals surface area contributed by atoms with E-state index in [9.17, 15) is 4.79 Å². The fraction of sp³-hybridized carbons (Fsp3) is 0.583. The van der Waals surface area contributed by atoms with Crippen molar-refractivity contribution in [3.8, 4) is 0 Å². The summed E-state index contributed by atoms with van der Waals surface area (Å²) in [6, 6.07) is 0. The molecular formula is C12H18N4O. The zero-order valence-electron chi connectivity index (χ0n) is 10.3. The maximum atomic E-state index is 12.0. The molecule has 0 radical (unpaired) electrons. The van der Waals surface area contributed by atoms with E-state index in [1.54, 1.807) is 6.20 Å². The first-order valence-corrected chi connectivity index (χ1v) is 6.01. The van der Waals surface area contributed by atoms with Crippen LogP contribution in [0.1, 0.15) is 43.6 Å². The van der Waals surface area contributed by atoms with Crippen LogP contribution < -0.4 is 10.6 Å². The van der Waals surface area contributed by atoms with Gasteiger partial charge in [-0.25, -0.2) is 4.98 Å². The van der Waals surface area contributed by atoms with E-state index in [2.05, 4.69) is 27.5 Å². The number of carbonyl (C=O) groups is 1. The first kappa shape index (κ1) is 11.8. The van der Waals surface area contributed by atoms with Crippen molar-refractivity contribution in [1.29, 1.82) is 0 Å². The van der Waals surface area contributed by atoms with Crippen LogP contribution in [0.3, 0.4) is 0 Å². The van der Waals surface area contributed by atoms with Gasteiger partial charge in [0.2, 0.25) is 0 Å². The highest BCUT2D eigenvalue weighted by Gasteiger charge is 2.33. The molecule has 0 saturated heterocycles. The van der Waals surface area contributed by atoms with Crippen LogP contribution in [-0.4, -0.2) is 28.0 Å². The van der Waals surface area contributed by atoms with Gasteiger partial charge >= 0.3 is 0 Å². The third kappa shape index (κ3) is 2.72. The molecule has 5 nitrogen and oxygen atoms in total. The monoisotopic (exact) mass is 234 g/mol. The molecule has 1 aromatic heterocycles. The largest absolute Gasteiger partial charge is 0.369 e. The lowest BCUT2D eigenvalue weighted by atomic mass is 9.78. The molecule has 0 spiro atoms. The molecule has 5 heteroatoms. The van der Waals surface area contributed by atoms with E-state index in [0.29, 0.717) is 11.5 Å². The van der Waals surface area contributed by atoms with Crippen molar-refractivity contribution in [1.82, 2.24) is 15.3 Å². The summed E-state index contributed by atoms with van der Waals surface area (Å²) in [5.74, 6) is 0.498. The van der Waals surface area contributed by atoms with E-state index >= 15 is 0 Å². The quantitative estimate of drug-likeness (QED) is 0.830. The Balaban J connectivity index is 2.05. The molecule has 0 aliphatic heterocycles. The van der Waals surface area contributed by atoms with Crippen molar-refractivity contribution in [2.24, 2.45) is 0 Å². The second kappa shape index (κ2) is 4.69. The molecule has 1 aromatic rings. The normalized spacial score (nSPS) is 17.1. The van der Waals surface area contributed by atoms with Crippen molar-refractivity contribution in [2.75, 3.05) is 11.9 Å². The number of nitrogens with zero attached hydrogens (tertiary/aromatic N) is 2. The maximum absolute atomic E-state index is 12.0. The molecule has 1 saturated carbocycles. The SMILES string of the molecule is CCNc1cncc(C(=O)NC2(C)CCC2)n1. The Kier molecular flexibility index (Phi) is 3.26. The standard InChI is InChI=1S/C12H18N4O/c1-3-14-10-8-13-7-9(15-10)11(17)16-12(2)5-4-6-12/h7-8H,3-6H2,1-2H3,(H,14,15)(H,16,17). The van der Waals surface area contributed by atoms with Gasteiger partial charge in [-0.1, -0.05) is 0 Å². The van der Waals surface area contributed by atoms with Crippen molar-refractivity contribution in [3.05, 3.63) is 18.1 Å². The molecule has 1 aliphatic carbocycles. The predicted octanol–water partition coefficient (Wildman–Crippen LogP) is 1.58. The van der Waals surface area contributed by atoms with E-state index in [1.807, 2.05) is 6.92 Å². The van der Waals surface area contributed by atoms with Gasteiger partial charge in [0.15, 0.2) is 0 Å². The lowest BCUT2D eigenvalue weighted by Gasteiger charge is -2.38. The fourth-order valence-corrected chi connectivity index (χ4v) is 1.91. The zero-order valence-corrected chi connectivity index (χ0v) is 10.3. The van der Waals surface area contributed by atoms with Gasteiger partial charge in [0.1, 0.15) is 11.5 Å². The molecule has 0 unspecified atom stereocenters. The Labute approximate surface area is 101 Å². The molecule has 1 fully saturated rings. The molecule has 1 heterocycles. The minimum Gasteiger partial charge on any atom is -0.369 e. The summed E-state index contributed by atoms with van der Waals surface area (Å²) in [6.07, 6.45) is 6.38. The number of carbonyl (C=O) groups excluding carboxylic acids is 1. The molecule has 0 atom stereocenters. The minimum atomic E-state index is -0.139. The van der Waals surface area contributed by atoms with Crippen LogP contribution in [0, 0.1) is 0 Å². The Morgan fingerprint density at radius 1 is 1.47 bits per heavy atom. The molecule has 2 N–H and O–H groups in total. The number of nitrogens with one attached hydrogen (secondary N) is 2. The Morgan fingerprint density at radius 3 is 2.82 bits per heavy atom. The van der Waals surface area contributed by atoms with Crippen LogP contribution in [0.5, 0.6) is 0 Å². The number of amides is 1. The van der Waals surface area contributed by atoms with Gasteiger partial charge in [-0.2, -0.15) is 0 Å². The van der Waals surface area contributed by atoms with E-state index in [4.69, 9.17) is 0 Å². The molecule has 0 bridgehead atoms. The van der Waals surface area contributed by atoms with Crippen LogP contribution >= 0.6 is 0 Å². The van der Waals surface area contributed by atoms with Crippen LogP contribution in [0.2, 0.25) is 0 Å². The Morgan fingerprint density at radius 2 is 2.24 bits per heavy atom. The first-order valence-electron chi connectivity index (χ1n) is 6.01. The molecule has 2 rings (SSSR count). The molecule has 92 valence electrons. The fourth-order valence-electron chi connectivity index (χ4n) is 1.91. The van der Waals surface area contributed by atoms with E-state index in [0.717, 1.165) is 19.4 Å². The summed E-state index contributed by atoms with van der Waals surface area (Å²) in [5.41, 5.74) is 0.323. The summed E-state index contributed by atoms with van der Waals surface area (Å²) in [7, 11) is 0. The number of anilines is 1. The number of hydrogen-bond acceptors (Lipinski definition) is 4. The van der Waals surface area contributed by atoms with Gasteiger partial charge in [-0.3, -0.25) is 9.78 Å². The lowest BCUT2D eigenvalue weighted by Crippen LogP contribution is -2.51. The number of hydrogen-bond donors (Lipinski definition) is 2. The van der Waals surface area contributed by atoms with Gasteiger partial charge < -0.3 is 10.6 Å². The average molecular weight is 234 g/mol. The average Bonchev–Trinajstić information content (AvgIpc) is 2.28. The minimum absolute atomic E-state index is 0.0487. The summed E-state index contributed by atoms with van der Waals surface area (Å²) in [6.45, 7) is 4.80. The predicted molar refractivity (Wildman–Crippen MR) is 65.9 cm³/mol. The highest BCUT2D eigenvalue weighted by atomic mass is 16.2. The number of aromatic nitrogens is 2. The van der Waals surface area contributed by atoms with Gasteiger partial charge in [0, 0.05) is 12.1 Å². The summed E-state index contributed by atoms with van der Waals surface area (Å²) >= 11 is 0. The molecule has 17 heavy (non-hydrogen) atoms. The third-order valence-corrected chi connectivity index (χ3v) is 3.10. The summed E-state index contributed by atoms with van der Waals surface area (Å²) in [4.78, 5) is 20.2. The van der Waals surface area contributed by atoms with Gasteiger partial charge in [-0.05, 0) is 33.1 Å². The van der Waals surface area contributed by atoms with Crippen LogP contribution in [0.25, 0.3) is 0 Å². The second-order valence-electron chi connectivity index (χ2n) is 4.69. The first-order chi connectivity index (χ1) is 8.13. The van der Waals surface area contributed by atoms with E-state index < -0.39 is 0 Å². The molecule has 0 aromatic carbocycles. The van der Waals surface area contributed by atoms with E-state index in [-0.39, 0.29) is 11.4 Å². The summed E-state index contributed by atoms with van der Waals surface area (Å²) in [5, 5.41) is 6.05. The number of rotatable bonds is 4. The lowest BCUT2D eigenvalue weighted by molar-refractivity contribution is 0.0845. The van der Waals surface area contributed by atoms with Gasteiger partial charge in [0.25, 0.3) is 5.91 Å². The van der Waals surface area contributed by atoms with Crippen molar-refractivity contribution >= 4 is 11.7 Å². The maximum Gasteiger partial charge on any atom is 0.271 e. The van der Waals surface area contributed by atoms with Crippen molar-refractivity contribution < 1.29 is 4.79 Å². The molecule has 1 aliphatic rings. The Hall–Kier alpha value is -1.65. The zero-order chi connectivity index (χ0) is 12.3. The Bertz CT molecular complexity index is 415. The topological polar surface area (TPSA) is 66.9 Å². The second-order valence-corrected chi connectivity index (χ2v) is 4.69. The smallest absolute Gasteiger partial charge is 0.271 e. The van der Waals surface area contributed by atoms with Crippen LogP contribution in [0.15, 0.2) is 12.4 Å². The van der Waals surface area contributed by atoms with Crippen LogP contribution in [-0.2, 0) is 0 Å². The van der Waals surface area contributed by atoms with Crippen LogP contribution in [0.4, 0.5) is 5.82 Å². The van der Waals surface area contributed by atoms with Crippen molar-refractivity contribution in [3.63, 3.8) is 0 Å². The summed E-state index contributed by atoms with van der Waals surface area (Å²) < 4.78 is 0. The highest BCUT2D eigenvalue weighted by molar-refractivity contribution is 5.92. The van der Waals surface area contributed by atoms with E-state index in [1.165, 1.54) is 12.6 Å². The molecular weight excluding hydrogens is 216 g/mol. The third-order valence-electron chi connectivity index (χ3n) is 3.10.